The van der Waals surface area contributed by atoms with Crippen molar-refractivity contribution in [3.05, 3.63) is 48.0 Å². The SMILES string of the molecule is Cn1cncc1C(CN)N1CCOc2ccccc2C1. The average Bonchev–Trinajstić information content (AvgIpc) is 2.76. The van der Waals surface area contributed by atoms with Crippen LogP contribution in [0.4, 0.5) is 0 Å². The molecule has 2 heterocycles. The van der Waals surface area contributed by atoms with Crippen molar-refractivity contribution in [2.45, 2.75) is 12.6 Å². The monoisotopic (exact) mass is 272 g/mol. The van der Waals surface area contributed by atoms with Gasteiger partial charge in [-0.15, -0.1) is 0 Å². The number of para-hydroxylation sites is 1. The molecule has 1 aromatic heterocycles. The molecule has 3 rings (SSSR count). The van der Waals surface area contributed by atoms with E-state index in [1.54, 1.807) is 0 Å². The molecule has 0 fully saturated rings. The van der Waals surface area contributed by atoms with Crippen molar-refractivity contribution in [3.63, 3.8) is 0 Å². The summed E-state index contributed by atoms with van der Waals surface area (Å²) in [6.45, 7) is 2.97. The molecule has 0 saturated heterocycles. The van der Waals surface area contributed by atoms with E-state index in [0.29, 0.717) is 13.2 Å². The topological polar surface area (TPSA) is 56.3 Å². The largest absolute Gasteiger partial charge is 0.492 e. The average molecular weight is 272 g/mol. The fourth-order valence-corrected chi connectivity index (χ4v) is 2.76. The number of nitrogens with zero attached hydrogens (tertiary/aromatic N) is 3. The van der Waals surface area contributed by atoms with Crippen LogP contribution in [0.15, 0.2) is 36.8 Å². The molecule has 0 amide bonds. The van der Waals surface area contributed by atoms with E-state index >= 15 is 0 Å². The van der Waals surface area contributed by atoms with Crippen LogP contribution < -0.4 is 10.5 Å². The van der Waals surface area contributed by atoms with Crippen LogP contribution in [0.25, 0.3) is 0 Å². The molecule has 2 N–H and O–H groups in total. The summed E-state index contributed by atoms with van der Waals surface area (Å²) in [5.41, 5.74) is 8.37. The second-order valence-electron chi connectivity index (χ2n) is 5.11. The maximum Gasteiger partial charge on any atom is 0.123 e. The van der Waals surface area contributed by atoms with E-state index in [0.717, 1.165) is 24.5 Å². The number of nitrogens with two attached hydrogens (primary N) is 1. The third kappa shape index (κ3) is 2.42. The van der Waals surface area contributed by atoms with Crippen molar-refractivity contribution >= 4 is 0 Å². The molecule has 0 bridgehead atoms. The normalized spacial score (nSPS) is 17.1. The van der Waals surface area contributed by atoms with Crippen LogP contribution >= 0.6 is 0 Å². The molecule has 1 aliphatic rings. The van der Waals surface area contributed by atoms with E-state index in [1.807, 2.05) is 42.3 Å². The van der Waals surface area contributed by atoms with Crippen molar-refractivity contribution in [2.24, 2.45) is 12.8 Å². The Labute approximate surface area is 119 Å². The highest BCUT2D eigenvalue weighted by Crippen LogP contribution is 2.27. The summed E-state index contributed by atoms with van der Waals surface area (Å²) in [7, 11) is 2.01. The molecule has 1 unspecified atom stereocenters. The lowest BCUT2D eigenvalue weighted by Crippen LogP contribution is -2.35. The Kier molecular flexibility index (Phi) is 3.71. The first-order valence-electron chi connectivity index (χ1n) is 6.90. The number of hydrogen-bond acceptors (Lipinski definition) is 4. The van der Waals surface area contributed by atoms with Gasteiger partial charge in [0.25, 0.3) is 0 Å². The van der Waals surface area contributed by atoms with E-state index in [1.165, 1.54) is 5.56 Å². The number of benzene rings is 1. The van der Waals surface area contributed by atoms with E-state index in [9.17, 15) is 0 Å². The van der Waals surface area contributed by atoms with Crippen molar-refractivity contribution in [2.75, 3.05) is 19.7 Å². The predicted octanol–water partition coefficient (Wildman–Crippen LogP) is 1.31. The third-order valence-electron chi connectivity index (χ3n) is 3.84. The highest BCUT2D eigenvalue weighted by atomic mass is 16.5. The van der Waals surface area contributed by atoms with Gasteiger partial charge in [-0.05, 0) is 6.07 Å². The summed E-state index contributed by atoms with van der Waals surface area (Å²) in [5.74, 6) is 0.982. The van der Waals surface area contributed by atoms with Crippen LogP contribution in [-0.4, -0.2) is 34.1 Å². The molecule has 1 aliphatic heterocycles. The van der Waals surface area contributed by atoms with E-state index < -0.39 is 0 Å². The maximum atomic E-state index is 6.01. The van der Waals surface area contributed by atoms with Crippen molar-refractivity contribution in [1.29, 1.82) is 0 Å². The number of hydrogen-bond donors (Lipinski definition) is 1. The lowest BCUT2D eigenvalue weighted by molar-refractivity contribution is 0.168. The summed E-state index contributed by atoms with van der Waals surface area (Å²) in [4.78, 5) is 6.57. The highest BCUT2D eigenvalue weighted by Gasteiger charge is 2.24. The van der Waals surface area contributed by atoms with Crippen LogP contribution in [0.3, 0.4) is 0 Å². The molecule has 1 aromatic carbocycles. The number of aryl methyl sites for hydroxylation is 1. The first-order chi connectivity index (χ1) is 9.79. The minimum Gasteiger partial charge on any atom is -0.492 e. The van der Waals surface area contributed by atoms with Gasteiger partial charge in [-0.2, -0.15) is 0 Å². The third-order valence-corrected chi connectivity index (χ3v) is 3.84. The van der Waals surface area contributed by atoms with Crippen molar-refractivity contribution in [3.8, 4) is 5.75 Å². The summed E-state index contributed by atoms with van der Waals surface area (Å²) < 4.78 is 7.85. The Morgan fingerprint density at radius 2 is 2.25 bits per heavy atom. The quantitative estimate of drug-likeness (QED) is 0.915. The maximum absolute atomic E-state index is 6.01. The van der Waals surface area contributed by atoms with Crippen LogP contribution in [0.2, 0.25) is 0 Å². The van der Waals surface area contributed by atoms with Crippen LogP contribution in [0, 0.1) is 0 Å². The van der Waals surface area contributed by atoms with Gasteiger partial charge in [0.1, 0.15) is 12.4 Å². The second-order valence-corrected chi connectivity index (χ2v) is 5.11. The lowest BCUT2D eigenvalue weighted by atomic mass is 10.1. The number of aromatic nitrogens is 2. The van der Waals surface area contributed by atoms with Gasteiger partial charge in [-0.1, -0.05) is 18.2 Å². The fraction of sp³-hybridized carbons (Fsp3) is 0.400. The number of imidazole rings is 1. The van der Waals surface area contributed by atoms with Crippen LogP contribution in [-0.2, 0) is 13.6 Å². The molecule has 5 heteroatoms. The zero-order chi connectivity index (χ0) is 13.9. The molecule has 0 saturated carbocycles. The minimum absolute atomic E-state index is 0.164. The predicted molar refractivity (Wildman–Crippen MR) is 77.4 cm³/mol. The molecule has 0 radical (unpaired) electrons. The van der Waals surface area contributed by atoms with Crippen LogP contribution in [0.5, 0.6) is 5.75 Å². The fourth-order valence-electron chi connectivity index (χ4n) is 2.76. The van der Waals surface area contributed by atoms with E-state index in [4.69, 9.17) is 10.5 Å². The van der Waals surface area contributed by atoms with Crippen LogP contribution in [0.1, 0.15) is 17.3 Å². The highest BCUT2D eigenvalue weighted by molar-refractivity contribution is 5.34. The smallest absolute Gasteiger partial charge is 0.123 e. The van der Waals surface area contributed by atoms with E-state index in [-0.39, 0.29) is 6.04 Å². The number of ether oxygens (including phenoxy) is 1. The van der Waals surface area contributed by atoms with Gasteiger partial charge in [0.15, 0.2) is 0 Å². The molecule has 0 aliphatic carbocycles. The summed E-state index contributed by atoms with van der Waals surface area (Å²) in [6.07, 6.45) is 3.72. The summed E-state index contributed by atoms with van der Waals surface area (Å²) >= 11 is 0. The molecule has 106 valence electrons. The molecular weight excluding hydrogens is 252 g/mol. The molecule has 20 heavy (non-hydrogen) atoms. The van der Waals surface area contributed by atoms with Gasteiger partial charge in [-0.3, -0.25) is 4.90 Å². The molecule has 2 aromatic rings. The minimum atomic E-state index is 0.164. The molecule has 0 spiro atoms. The Balaban J connectivity index is 1.88. The molecular formula is C15H20N4O. The van der Waals surface area contributed by atoms with Gasteiger partial charge in [0.2, 0.25) is 0 Å². The molecule has 1 atom stereocenters. The van der Waals surface area contributed by atoms with Gasteiger partial charge < -0.3 is 15.0 Å². The van der Waals surface area contributed by atoms with E-state index in [2.05, 4.69) is 16.0 Å². The van der Waals surface area contributed by atoms with Crippen molar-refractivity contribution < 1.29 is 4.74 Å². The Morgan fingerprint density at radius 1 is 1.40 bits per heavy atom. The molecule has 5 nitrogen and oxygen atoms in total. The zero-order valence-electron chi connectivity index (χ0n) is 11.7. The Bertz CT molecular complexity index is 581. The lowest BCUT2D eigenvalue weighted by Gasteiger charge is -2.29. The van der Waals surface area contributed by atoms with Gasteiger partial charge >= 0.3 is 0 Å². The standard InChI is InChI=1S/C15H20N4O/c1-18-11-17-9-14(18)13(8-16)19-6-7-20-15-5-3-2-4-12(15)10-19/h2-5,9,11,13H,6-8,10,16H2,1H3. The Hall–Kier alpha value is -1.85. The summed E-state index contributed by atoms with van der Waals surface area (Å²) in [6, 6.07) is 8.37. The first kappa shape index (κ1) is 13.1. The summed E-state index contributed by atoms with van der Waals surface area (Å²) in [5, 5.41) is 0. The Morgan fingerprint density at radius 3 is 3.00 bits per heavy atom. The first-order valence-corrected chi connectivity index (χ1v) is 6.90. The number of fused-ring (bicyclic) bond motifs is 1. The second kappa shape index (κ2) is 5.64. The zero-order valence-corrected chi connectivity index (χ0v) is 11.7. The number of rotatable bonds is 3. The van der Waals surface area contributed by atoms with Crippen molar-refractivity contribution in [1.82, 2.24) is 14.5 Å². The van der Waals surface area contributed by atoms with Gasteiger partial charge in [0.05, 0.1) is 18.1 Å². The van der Waals surface area contributed by atoms with Gasteiger partial charge in [0, 0.05) is 38.4 Å². The van der Waals surface area contributed by atoms with Gasteiger partial charge in [-0.25, -0.2) is 4.98 Å².